The van der Waals surface area contributed by atoms with Crippen LogP contribution >= 0.6 is 35.0 Å². The van der Waals surface area contributed by atoms with Crippen molar-refractivity contribution in [3.8, 4) is 6.07 Å². The zero-order chi connectivity index (χ0) is 13.5. The number of nitrogens with zero attached hydrogens (tertiary/aromatic N) is 1. The molecule has 0 heterocycles. The molecule has 1 unspecified atom stereocenters. The lowest BCUT2D eigenvalue weighted by molar-refractivity contribution is -0.115. The Labute approximate surface area is 121 Å². The fourth-order valence-electron chi connectivity index (χ4n) is 1.51. The van der Waals surface area contributed by atoms with Gasteiger partial charge in [0.1, 0.15) is 11.2 Å². The van der Waals surface area contributed by atoms with Gasteiger partial charge in [0, 0.05) is 17.2 Å². The number of rotatable bonds is 6. The van der Waals surface area contributed by atoms with E-state index in [1.807, 2.05) is 25.1 Å². The van der Waals surface area contributed by atoms with Crippen molar-refractivity contribution >= 4 is 40.7 Å². The van der Waals surface area contributed by atoms with Gasteiger partial charge in [0.25, 0.3) is 0 Å². The van der Waals surface area contributed by atoms with Gasteiger partial charge in [-0.25, -0.2) is 0 Å². The van der Waals surface area contributed by atoms with Gasteiger partial charge in [0.05, 0.1) is 11.8 Å². The van der Waals surface area contributed by atoms with Crippen molar-refractivity contribution in [3.05, 3.63) is 34.3 Å². The number of carbonyl (C=O) groups is 1. The highest BCUT2D eigenvalue weighted by Gasteiger charge is 2.08. The van der Waals surface area contributed by atoms with E-state index in [9.17, 15) is 4.79 Å². The Kier molecular flexibility index (Phi) is 6.56. The first kappa shape index (κ1) is 15.4. The van der Waals surface area contributed by atoms with E-state index in [4.69, 9.17) is 28.5 Å². The van der Waals surface area contributed by atoms with Crippen LogP contribution in [0, 0.1) is 18.3 Å². The SMILES string of the molecule is Cc1cc(Cl)cc(CC(=O)CSCC(Cl)C#N)c1. The lowest BCUT2D eigenvalue weighted by Crippen LogP contribution is -2.08. The van der Waals surface area contributed by atoms with Gasteiger partial charge in [-0.15, -0.1) is 11.6 Å². The summed E-state index contributed by atoms with van der Waals surface area (Å²) in [6.45, 7) is 1.94. The first-order valence-electron chi connectivity index (χ1n) is 5.40. The molecular formula is C13H13Cl2NOS. The van der Waals surface area contributed by atoms with Crippen molar-refractivity contribution < 1.29 is 4.79 Å². The predicted octanol–water partition coefficient (Wildman–Crippen LogP) is 3.62. The van der Waals surface area contributed by atoms with E-state index in [2.05, 4.69) is 0 Å². The molecule has 5 heteroatoms. The van der Waals surface area contributed by atoms with Gasteiger partial charge in [-0.1, -0.05) is 17.7 Å². The van der Waals surface area contributed by atoms with Crippen molar-refractivity contribution in [1.82, 2.24) is 0 Å². The summed E-state index contributed by atoms with van der Waals surface area (Å²) in [5.41, 5.74) is 1.97. The van der Waals surface area contributed by atoms with Gasteiger partial charge in [0.15, 0.2) is 0 Å². The molecule has 18 heavy (non-hydrogen) atoms. The summed E-state index contributed by atoms with van der Waals surface area (Å²) in [5.74, 6) is 0.956. The van der Waals surface area contributed by atoms with Gasteiger partial charge in [-0.2, -0.15) is 17.0 Å². The first-order chi connectivity index (χ1) is 8.51. The van der Waals surface area contributed by atoms with E-state index in [-0.39, 0.29) is 5.78 Å². The molecule has 0 radical (unpaired) electrons. The van der Waals surface area contributed by atoms with Crippen LogP contribution in [0.1, 0.15) is 11.1 Å². The Hall–Kier alpha value is -0.690. The Morgan fingerprint density at radius 3 is 2.83 bits per heavy atom. The lowest BCUT2D eigenvalue weighted by atomic mass is 10.1. The predicted molar refractivity (Wildman–Crippen MR) is 77.5 cm³/mol. The Bertz CT molecular complexity index is 450. The van der Waals surface area contributed by atoms with Crippen molar-refractivity contribution in [1.29, 1.82) is 5.26 Å². The molecule has 0 aromatic heterocycles. The minimum atomic E-state index is -0.531. The van der Waals surface area contributed by atoms with Crippen LogP contribution in [-0.2, 0) is 11.2 Å². The summed E-state index contributed by atoms with van der Waals surface area (Å²) in [6.07, 6.45) is 0.369. The second kappa shape index (κ2) is 7.68. The second-order valence-electron chi connectivity index (χ2n) is 3.96. The summed E-state index contributed by atoms with van der Waals surface area (Å²) >= 11 is 13.0. The summed E-state index contributed by atoms with van der Waals surface area (Å²) in [7, 11) is 0. The van der Waals surface area contributed by atoms with E-state index >= 15 is 0 Å². The maximum Gasteiger partial charge on any atom is 0.147 e. The van der Waals surface area contributed by atoms with Crippen molar-refractivity contribution in [2.24, 2.45) is 0 Å². The molecule has 1 rings (SSSR count). The quantitative estimate of drug-likeness (QED) is 0.754. The molecule has 0 aliphatic rings. The number of aryl methyl sites for hydroxylation is 1. The number of Topliss-reactive ketones (excluding diaryl/α,β-unsaturated/α-hetero) is 1. The van der Waals surface area contributed by atoms with Crippen molar-refractivity contribution in [2.45, 2.75) is 18.7 Å². The summed E-state index contributed by atoms with van der Waals surface area (Å²) < 4.78 is 0. The first-order valence-corrected chi connectivity index (χ1v) is 7.37. The van der Waals surface area contributed by atoms with Crippen molar-refractivity contribution in [2.75, 3.05) is 11.5 Å². The minimum Gasteiger partial charge on any atom is -0.298 e. The molecule has 0 spiro atoms. The van der Waals surface area contributed by atoms with Crippen LogP contribution in [0.25, 0.3) is 0 Å². The average molecular weight is 302 g/mol. The third kappa shape index (κ3) is 5.77. The molecule has 0 amide bonds. The van der Waals surface area contributed by atoms with Crippen molar-refractivity contribution in [3.63, 3.8) is 0 Å². The average Bonchev–Trinajstić information content (AvgIpc) is 2.27. The number of hydrogen-bond acceptors (Lipinski definition) is 3. The topological polar surface area (TPSA) is 40.9 Å². The smallest absolute Gasteiger partial charge is 0.147 e. The van der Waals surface area contributed by atoms with Crippen LogP contribution in [0.2, 0.25) is 5.02 Å². The highest BCUT2D eigenvalue weighted by molar-refractivity contribution is 8.00. The van der Waals surface area contributed by atoms with Crippen LogP contribution in [0.4, 0.5) is 0 Å². The molecule has 0 aliphatic carbocycles. The molecule has 2 nitrogen and oxygen atoms in total. The van der Waals surface area contributed by atoms with E-state index in [1.54, 1.807) is 6.07 Å². The van der Waals surface area contributed by atoms with Gasteiger partial charge < -0.3 is 0 Å². The number of benzene rings is 1. The number of alkyl halides is 1. The summed E-state index contributed by atoms with van der Waals surface area (Å²) in [4.78, 5) is 11.7. The third-order valence-electron chi connectivity index (χ3n) is 2.17. The maximum atomic E-state index is 11.7. The second-order valence-corrected chi connectivity index (χ2v) is 5.96. The monoisotopic (exact) mass is 301 g/mol. The summed E-state index contributed by atoms with van der Waals surface area (Å²) in [5, 5.41) is 8.62. The fourth-order valence-corrected chi connectivity index (χ4v) is 2.81. The Balaban J connectivity index is 2.43. The van der Waals surface area contributed by atoms with Crippen LogP contribution in [0.3, 0.4) is 0 Å². The zero-order valence-corrected chi connectivity index (χ0v) is 12.3. The van der Waals surface area contributed by atoms with E-state index < -0.39 is 5.38 Å². The molecule has 1 atom stereocenters. The molecule has 0 bridgehead atoms. The van der Waals surface area contributed by atoms with Crippen LogP contribution < -0.4 is 0 Å². The number of carbonyl (C=O) groups excluding carboxylic acids is 1. The highest BCUT2D eigenvalue weighted by Crippen LogP contribution is 2.16. The van der Waals surface area contributed by atoms with Gasteiger partial charge in [-0.05, 0) is 30.2 Å². The molecule has 0 saturated heterocycles. The van der Waals surface area contributed by atoms with E-state index in [1.165, 1.54) is 11.8 Å². The number of hydrogen-bond donors (Lipinski definition) is 0. The molecule has 0 aliphatic heterocycles. The number of ketones is 1. The van der Waals surface area contributed by atoms with E-state index in [0.717, 1.165) is 11.1 Å². The summed E-state index contributed by atoms with van der Waals surface area (Å²) in [6, 6.07) is 7.53. The van der Waals surface area contributed by atoms with Crippen LogP contribution in [0.15, 0.2) is 18.2 Å². The Morgan fingerprint density at radius 1 is 1.50 bits per heavy atom. The van der Waals surface area contributed by atoms with E-state index in [0.29, 0.717) is 22.9 Å². The number of halogens is 2. The third-order valence-corrected chi connectivity index (χ3v) is 3.92. The molecule has 0 N–H and O–H groups in total. The standard InChI is InChI=1S/C13H13Cl2NOS/c1-9-2-10(4-11(14)3-9)5-13(17)8-18-7-12(15)6-16/h2-4,12H,5,7-8H2,1H3. The van der Waals surface area contributed by atoms with Gasteiger partial charge in [0.2, 0.25) is 0 Å². The molecular weight excluding hydrogens is 289 g/mol. The molecule has 1 aromatic rings. The Morgan fingerprint density at radius 2 is 2.22 bits per heavy atom. The fraction of sp³-hybridized carbons (Fsp3) is 0.385. The normalized spacial score (nSPS) is 11.9. The zero-order valence-electron chi connectivity index (χ0n) is 9.95. The maximum absolute atomic E-state index is 11.7. The molecule has 1 aromatic carbocycles. The van der Waals surface area contributed by atoms with Crippen LogP contribution in [0.5, 0.6) is 0 Å². The number of thioether (sulfide) groups is 1. The highest BCUT2D eigenvalue weighted by atomic mass is 35.5. The molecule has 0 fully saturated rings. The largest absolute Gasteiger partial charge is 0.298 e. The lowest BCUT2D eigenvalue weighted by Gasteiger charge is -2.04. The van der Waals surface area contributed by atoms with Gasteiger partial charge in [-0.3, -0.25) is 4.79 Å². The van der Waals surface area contributed by atoms with Crippen LogP contribution in [-0.4, -0.2) is 22.7 Å². The van der Waals surface area contributed by atoms with Gasteiger partial charge >= 0.3 is 0 Å². The minimum absolute atomic E-state index is 0.114. The number of nitriles is 1. The molecule has 96 valence electrons. The molecule has 0 saturated carbocycles.